The lowest BCUT2D eigenvalue weighted by molar-refractivity contribution is -0.144. The van der Waals surface area contributed by atoms with Crippen molar-refractivity contribution in [1.29, 1.82) is 0 Å². The van der Waals surface area contributed by atoms with E-state index >= 15 is 0 Å². The molecule has 1 aliphatic heterocycles. The van der Waals surface area contributed by atoms with Crippen LogP contribution in [-0.4, -0.2) is 46.0 Å². The lowest BCUT2D eigenvalue weighted by Gasteiger charge is -2.18. The number of hydrogen-bond donors (Lipinski definition) is 1. The van der Waals surface area contributed by atoms with Crippen LogP contribution in [0.4, 0.5) is 0 Å². The van der Waals surface area contributed by atoms with E-state index in [2.05, 4.69) is 0 Å². The number of carboxylic acid groups (broad SMARTS) is 1. The number of methoxy groups -OCH3 is 1. The van der Waals surface area contributed by atoms with Gasteiger partial charge in [-0.1, -0.05) is 30.0 Å². The summed E-state index contributed by atoms with van der Waals surface area (Å²) in [5.41, 5.74) is 0.735. The second-order valence-electron chi connectivity index (χ2n) is 4.91. The summed E-state index contributed by atoms with van der Waals surface area (Å²) in [5, 5.41) is 9.09. The van der Waals surface area contributed by atoms with Gasteiger partial charge < -0.3 is 14.6 Å². The van der Waals surface area contributed by atoms with Crippen LogP contribution in [-0.2, 0) is 9.59 Å². The fourth-order valence-electron chi connectivity index (χ4n) is 2.12. The first-order valence-electron chi connectivity index (χ1n) is 7.19. The van der Waals surface area contributed by atoms with Crippen LogP contribution in [0.5, 0.6) is 11.5 Å². The monoisotopic (exact) mass is 367 g/mol. The van der Waals surface area contributed by atoms with Gasteiger partial charge in [0.1, 0.15) is 10.4 Å². The molecule has 1 saturated heterocycles. The van der Waals surface area contributed by atoms with Crippen molar-refractivity contribution in [3.63, 3.8) is 0 Å². The van der Waals surface area contributed by atoms with Crippen LogP contribution in [0, 0.1) is 0 Å². The van der Waals surface area contributed by atoms with Crippen molar-refractivity contribution in [2.24, 2.45) is 0 Å². The summed E-state index contributed by atoms with van der Waals surface area (Å²) in [6.45, 7) is 3.82. The number of thiocarbonyl (C=S) groups is 1. The maximum Gasteiger partial charge on any atom is 0.326 e. The van der Waals surface area contributed by atoms with Crippen LogP contribution < -0.4 is 9.47 Å². The predicted molar refractivity (Wildman–Crippen MR) is 96.3 cm³/mol. The van der Waals surface area contributed by atoms with E-state index in [1.807, 2.05) is 6.92 Å². The summed E-state index contributed by atoms with van der Waals surface area (Å²) in [4.78, 5) is 25.0. The van der Waals surface area contributed by atoms with E-state index in [1.165, 1.54) is 14.0 Å². The molecule has 1 aliphatic rings. The predicted octanol–water partition coefficient (Wildman–Crippen LogP) is 2.77. The topological polar surface area (TPSA) is 76.1 Å². The molecular formula is C16H17NO5S2. The summed E-state index contributed by atoms with van der Waals surface area (Å²) >= 11 is 6.21. The SMILES string of the molecule is CCOc1ccc(C=C2SC(=S)N(C(C)C(=O)O)C2=O)cc1OC. The molecule has 1 N–H and O–H groups in total. The fraction of sp³-hybridized carbons (Fsp3) is 0.312. The smallest absolute Gasteiger partial charge is 0.326 e. The van der Waals surface area contributed by atoms with Gasteiger partial charge in [0.15, 0.2) is 11.5 Å². The zero-order valence-corrected chi connectivity index (χ0v) is 15.1. The Morgan fingerprint density at radius 1 is 1.46 bits per heavy atom. The number of carboxylic acids is 1. The third-order valence-electron chi connectivity index (χ3n) is 3.35. The summed E-state index contributed by atoms with van der Waals surface area (Å²) in [6.07, 6.45) is 1.66. The molecule has 0 aliphatic carbocycles. The first-order valence-corrected chi connectivity index (χ1v) is 8.42. The third kappa shape index (κ3) is 3.70. The highest BCUT2D eigenvalue weighted by molar-refractivity contribution is 8.26. The number of thioether (sulfide) groups is 1. The van der Waals surface area contributed by atoms with E-state index in [4.69, 9.17) is 26.8 Å². The van der Waals surface area contributed by atoms with Crippen LogP contribution >= 0.6 is 24.0 Å². The number of nitrogens with zero attached hydrogens (tertiary/aromatic N) is 1. The minimum Gasteiger partial charge on any atom is -0.493 e. The lowest BCUT2D eigenvalue weighted by Crippen LogP contribution is -2.41. The van der Waals surface area contributed by atoms with Crippen LogP contribution in [0.15, 0.2) is 23.1 Å². The van der Waals surface area contributed by atoms with Gasteiger partial charge in [-0.2, -0.15) is 0 Å². The average molecular weight is 367 g/mol. The molecule has 0 bridgehead atoms. The van der Waals surface area contributed by atoms with Gasteiger partial charge in [0.05, 0.1) is 18.6 Å². The van der Waals surface area contributed by atoms with Crippen LogP contribution in [0.3, 0.4) is 0 Å². The number of amides is 1. The minimum atomic E-state index is -1.10. The van der Waals surface area contributed by atoms with Gasteiger partial charge in [-0.05, 0) is 37.6 Å². The molecule has 0 aromatic heterocycles. The van der Waals surface area contributed by atoms with E-state index in [0.717, 1.165) is 22.2 Å². The highest BCUT2D eigenvalue weighted by atomic mass is 32.2. The van der Waals surface area contributed by atoms with Gasteiger partial charge in [-0.15, -0.1) is 0 Å². The van der Waals surface area contributed by atoms with Crippen molar-refractivity contribution >= 4 is 46.3 Å². The average Bonchev–Trinajstić information content (AvgIpc) is 2.82. The highest BCUT2D eigenvalue weighted by Crippen LogP contribution is 2.35. The van der Waals surface area contributed by atoms with Gasteiger partial charge >= 0.3 is 5.97 Å². The maximum absolute atomic E-state index is 12.4. The van der Waals surface area contributed by atoms with Gasteiger partial charge in [-0.3, -0.25) is 9.69 Å². The molecule has 128 valence electrons. The summed E-state index contributed by atoms with van der Waals surface area (Å²) in [6, 6.07) is 4.30. The molecule has 24 heavy (non-hydrogen) atoms. The number of carbonyl (C=O) groups excluding carboxylic acids is 1. The van der Waals surface area contributed by atoms with E-state index in [1.54, 1.807) is 24.3 Å². The maximum atomic E-state index is 12.4. The Hall–Kier alpha value is -2.06. The Balaban J connectivity index is 2.30. The van der Waals surface area contributed by atoms with E-state index < -0.39 is 17.9 Å². The van der Waals surface area contributed by atoms with Crippen molar-refractivity contribution in [3.8, 4) is 11.5 Å². The van der Waals surface area contributed by atoms with Crippen molar-refractivity contribution < 1.29 is 24.2 Å². The molecule has 1 aromatic carbocycles. The number of carbonyl (C=O) groups is 2. The van der Waals surface area contributed by atoms with Crippen molar-refractivity contribution in [2.75, 3.05) is 13.7 Å². The molecule has 1 fully saturated rings. The van der Waals surface area contributed by atoms with Gasteiger partial charge in [0, 0.05) is 0 Å². The summed E-state index contributed by atoms with van der Waals surface area (Å²) in [7, 11) is 1.54. The quantitative estimate of drug-likeness (QED) is 0.612. The molecule has 1 amide bonds. The molecule has 2 rings (SSSR count). The largest absolute Gasteiger partial charge is 0.493 e. The number of aliphatic carboxylic acids is 1. The lowest BCUT2D eigenvalue weighted by atomic mass is 10.1. The van der Waals surface area contributed by atoms with Crippen LogP contribution in [0.2, 0.25) is 0 Å². The number of ether oxygens (including phenoxy) is 2. The third-order valence-corrected chi connectivity index (χ3v) is 4.68. The zero-order chi connectivity index (χ0) is 17.9. The Bertz CT molecular complexity index is 716. The second-order valence-corrected chi connectivity index (χ2v) is 6.58. The van der Waals surface area contributed by atoms with Crippen LogP contribution in [0.1, 0.15) is 19.4 Å². The Morgan fingerprint density at radius 3 is 2.75 bits per heavy atom. The standard InChI is InChI=1S/C16H17NO5S2/c1-4-22-11-6-5-10(7-12(11)21-3)8-13-14(18)17(16(23)24-13)9(2)15(19)20/h5-9H,4H2,1-3H3,(H,19,20). The molecule has 1 unspecified atom stereocenters. The minimum absolute atomic E-state index is 0.235. The number of hydrogen-bond acceptors (Lipinski definition) is 6. The second kappa shape index (κ2) is 7.67. The van der Waals surface area contributed by atoms with Crippen LogP contribution in [0.25, 0.3) is 6.08 Å². The molecular weight excluding hydrogens is 350 g/mol. The molecule has 1 atom stereocenters. The van der Waals surface area contributed by atoms with Gasteiger partial charge in [-0.25, -0.2) is 4.79 Å². The van der Waals surface area contributed by atoms with Crippen molar-refractivity contribution in [3.05, 3.63) is 28.7 Å². The van der Waals surface area contributed by atoms with E-state index in [9.17, 15) is 9.59 Å². The van der Waals surface area contributed by atoms with E-state index in [-0.39, 0.29) is 4.32 Å². The number of benzene rings is 1. The molecule has 1 heterocycles. The van der Waals surface area contributed by atoms with Crippen molar-refractivity contribution in [1.82, 2.24) is 4.90 Å². The molecule has 1 aromatic rings. The van der Waals surface area contributed by atoms with E-state index in [0.29, 0.717) is 23.0 Å². The van der Waals surface area contributed by atoms with Crippen molar-refractivity contribution in [2.45, 2.75) is 19.9 Å². The number of rotatable bonds is 6. The zero-order valence-electron chi connectivity index (χ0n) is 13.4. The van der Waals surface area contributed by atoms with Gasteiger partial charge in [0.25, 0.3) is 5.91 Å². The molecule has 6 nitrogen and oxygen atoms in total. The highest BCUT2D eigenvalue weighted by Gasteiger charge is 2.38. The van der Waals surface area contributed by atoms with Gasteiger partial charge in [0.2, 0.25) is 0 Å². The Kier molecular flexibility index (Phi) is 5.84. The first-order chi connectivity index (χ1) is 11.4. The normalized spacial score (nSPS) is 17.3. The fourth-order valence-corrected chi connectivity index (χ4v) is 3.54. The molecule has 0 radical (unpaired) electrons. The Morgan fingerprint density at radius 2 is 2.17 bits per heavy atom. The molecule has 0 spiro atoms. The summed E-state index contributed by atoms with van der Waals surface area (Å²) in [5.74, 6) is -0.341. The molecule has 0 saturated carbocycles. The first kappa shape index (κ1) is 18.3. The Labute approximate surface area is 149 Å². The summed E-state index contributed by atoms with van der Waals surface area (Å²) < 4.78 is 11.0. The molecule has 8 heteroatoms.